The number of carbonyl (C=O) groups excluding carboxylic acids is 1. The molecule has 0 amide bonds. The molecular weight excluding hydrogens is 224 g/mol. The van der Waals surface area contributed by atoms with Gasteiger partial charge in [0, 0.05) is 24.4 Å². The summed E-state index contributed by atoms with van der Waals surface area (Å²) >= 11 is 0. The van der Waals surface area contributed by atoms with Gasteiger partial charge in [0.25, 0.3) is 0 Å². The third kappa shape index (κ3) is 1.68. The van der Waals surface area contributed by atoms with E-state index in [1.54, 1.807) is 0 Å². The van der Waals surface area contributed by atoms with Crippen molar-refractivity contribution in [3.8, 4) is 0 Å². The summed E-state index contributed by atoms with van der Waals surface area (Å²) in [5, 5.41) is 9.51. The molecule has 3 aliphatic rings. The second-order valence-corrected chi connectivity index (χ2v) is 5.63. The van der Waals surface area contributed by atoms with Crippen molar-refractivity contribution in [3.63, 3.8) is 0 Å². The Balaban J connectivity index is 1.87. The Morgan fingerprint density at radius 3 is 2.71 bits per heavy atom. The second-order valence-electron chi connectivity index (χ2n) is 5.63. The Morgan fingerprint density at radius 1 is 1.29 bits per heavy atom. The van der Waals surface area contributed by atoms with Gasteiger partial charge in [0.05, 0.1) is 25.2 Å². The van der Waals surface area contributed by atoms with Crippen molar-refractivity contribution in [1.82, 2.24) is 0 Å². The zero-order valence-electron chi connectivity index (χ0n) is 10.1. The van der Waals surface area contributed by atoms with E-state index in [0.29, 0.717) is 13.0 Å². The molecule has 2 heterocycles. The van der Waals surface area contributed by atoms with Crippen LogP contribution in [0.2, 0.25) is 0 Å². The van der Waals surface area contributed by atoms with Gasteiger partial charge in [-0.25, -0.2) is 0 Å². The molecule has 3 fully saturated rings. The first-order valence-electron chi connectivity index (χ1n) is 6.14. The van der Waals surface area contributed by atoms with Crippen molar-refractivity contribution in [2.45, 2.75) is 38.3 Å². The molecular formula is C12H18O5. The maximum Gasteiger partial charge on any atom is 0.306 e. The van der Waals surface area contributed by atoms with Crippen molar-refractivity contribution < 1.29 is 24.1 Å². The number of carbonyl (C=O) groups is 1. The van der Waals surface area contributed by atoms with Gasteiger partial charge in [-0.05, 0) is 13.8 Å². The summed E-state index contributed by atoms with van der Waals surface area (Å²) in [6, 6.07) is 0. The summed E-state index contributed by atoms with van der Waals surface area (Å²) in [7, 11) is 0. The molecule has 0 aromatic carbocycles. The van der Waals surface area contributed by atoms with E-state index in [9.17, 15) is 9.90 Å². The quantitative estimate of drug-likeness (QED) is 0.670. The molecule has 1 saturated carbocycles. The highest BCUT2D eigenvalue weighted by Crippen LogP contribution is 2.50. The predicted molar refractivity (Wildman–Crippen MR) is 57.0 cm³/mol. The van der Waals surface area contributed by atoms with Gasteiger partial charge >= 0.3 is 5.97 Å². The lowest BCUT2D eigenvalue weighted by atomic mass is 9.86. The molecule has 3 rings (SSSR count). The van der Waals surface area contributed by atoms with Crippen LogP contribution >= 0.6 is 0 Å². The smallest absolute Gasteiger partial charge is 0.306 e. The van der Waals surface area contributed by atoms with Crippen LogP contribution in [0.15, 0.2) is 0 Å². The van der Waals surface area contributed by atoms with Crippen LogP contribution < -0.4 is 0 Å². The third-order valence-corrected chi connectivity index (χ3v) is 4.16. The van der Waals surface area contributed by atoms with Gasteiger partial charge < -0.3 is 19.3 Å². The largest absolute Gasteiger partial charge is 0.465 e. The molecule has 0 aromatic heterocycles. The van der Waals surface area contributed by atoms with Gasteiger partial charge in [-0.2, -0.15) is 0 Å². The first-order chi connectivity index (χ1) is 8.02. The topological polar surface area (TPSA) is 65.0 Å². The fraction of sp³-hybridized carbons (Fsp3) is 0.917. The Bertz CT molecular complexity index is 340. The third-order valence-electron chi connectivity index (χ3n) is 4.16. The van der Waals surface area contributed by atoms with Gasteiger partial charge in [0.15, 0.2) is 5.79 Å². The Hall–Kier alpha value is -0.650. The summed E-state index contributed by atoms with van der Waals surface area (Å²) < 4.78 is 16.8. The molecule has 0 bridgehead atoms. The summed E-state index contributed by atoms with van der Waals surface area (Å²) in [5.74, 6) is -0.476. The second kappa shape index (κ2) is 3.67. The van der Waals surface area contributed by atoms with Gasteiger partial charge in [-0.1, -0.05) is 0 Å². The van der Waals surface area contributed by atoms with Crippen LogP contribution in [0.3, 0.4) is 0 Å². The lowest BCUT2D eigenvalue weighted by Gasteiger charge is -2.32. The van der Waals surface area contributed by atoms with E-state index < -0.39 is 5.79 Å². The van der Waals surface area contributed by atoms with Crippen LogP contribution in [0, 0.1) is 17.8 Å². The van der Waals surface area contributed by atoms with Crippen LogP contribution in [-0.4, -0.2) is 42.3 Å². The molecule has 1 N–H and O–H groups in total. The first kappa shape index (κ1) is 11.4. The van der Waals surface area contributed by atoms with E-state index in [1.165, 1.54) is 0 Å². The number of hydrogen-bond acceptors (Lipinski definition) is 5. The number of rotatable bonds is 1. The molecule has 96 valence electrons. The monoisotopic (exact) mass is 242 g/mol. The molecule has 0 unspecified atom stereocenters. The summed E-state index contributed by atoms with van der Waals surface area (Å²) in [6.07, 6.45) is 0.182. The maximum atomic E-state index is 11.4. The van der Waals surface area contributed by atoms with Crippen molar-refractivity contribution in [3.05, 3.63) is 0 Å². The fourth-order valence-electron chi connectivity index (χ4n) is 3.48. The standard InChI is InChI=1S/C12H18O5/c1-12(2)16-10-6-3-9(14)15-5-8(6)7(4-13)11(10)17-12/h6-8,10-11,13H,3-5H2,1-2H3/t6-,7+,8+,10+,11-/m1/s1. The molecule has 5 nitrogen and oxygen atoms in total. The van der Waals surface area contributed by atoms with E-state index in [0.717, 1.165) is 0 Å². The number of fused-ring (bicyclic) bond motifs is 3. The molecule has 5 heteroatoms. The molecule has 5 atom stereocenters. The maximum absolute atomic E-state index is 11.4. The molecule has 0 radical (unpaired) electrons. The normalized spacial score (nSPS) is 47.5. The minimum absolute atomic E-state index is 0.0138. The number of aliphatic hydroxyl groups is 1. The van der Waals surface area contributed by atoms with Crippen LogP contribution in [0.5, 0.6) is 0 Å². The zero-order valence-corrected chi connectivity index (χ0v) is 10.1. The Labute approximate surface area is 100 Å². The number of hydrogen-bond donors (Lipinski definition) is 1. The number of esters is 1. The van der Waals surface area contributed by atoms with Gasteiger partial charge in [-0.3, -0.25) is 4.79 Å². The predicted octanol–water partition coefficient (Wildman–Crippen LogP) is 0.308. The SMILES string of the molecule is CC1(C)O[C@@H]2[C@@H](CO)[C@H]3COC(=O)C[C@H]3[C@@H]2O1. The average molecular weight is 242 g/mol. The molecule has 2 saturated heterocycles. The van der Waals surface area contributed by atoms with Crippen molar-refractivity contribution in [1.29, 1.82) is 0 Å². The van der Waals surface area contributed by atoms with E-state index in [-0.39, 0.29) is 42.5 Å². The zero-order chi connectivity index (χ0) is 12.2. The summed E-state index contributed by atoms with van der Waals surface area (Å²) in [5.41, 5.74) is 0. The molecule has 17 heavy (non-hydrogen) atoms. The summed E-state index contributed by atoms with van der Waals surface area (Å²) in [6.45, 7) is 4.18. The minimum atomic E-state index is -0.616. The first-order valence-corrected chi connectivity index (χ1v) is 6.14. The minimum Gasteiger partial charge on any atom is -0.465 e. The van der Waals surface area contributed by atoms with Crippen molar-refractivity contribution in [2.24, 2.45) is 17.8 Å². The van der Waals surface area contributed by atoms with E-state index in [2.05, 4.69) is 0 Å². The highest BCUT2D eigenvalue weighted by atomic mass is 16.8. The number of aliphatic hydroxyl groups excluding tert-OH is 1. The van der Waals surface area contributed by atoms with Crippen molar-refractivity contribution >= 4 is 5.97 Å². The van der Waals surface area contributed by atoms with Crippen LogP contribution in [0.4, 0.5) is 0 Å². The number of cyclic esters (lactones) is 1. The fourth-order valence-corrected chi connectivity index (χ4v) is 3.48. The highest BCUT2D eigenvalue weighted by Gasteiger charge is 2.60. The lowest BCUT2D eigenvalue weighted by molar-refractivity contribution is -0.183. The van der Waals surface area contributed by atoms with Crippen LogP contribution in [0.1, 0.15) is 20.3 Å². The molecule has 2 aliphatic heterocycles. The lowest BCUT2D eigenvalue weighted by Crippen LogP contribution is -2.37. The van der Waals surface area contributed by atoms with E-state index in [1.807, 2.05) is 13.8 Å². The van der Waals surface area contributed by atoms with Gasteiger partial charge in [0.2, 0.25) is 0 Å². The van der Waals surface area contributed by atoms with E-state index in [4.69, 9.17) is 14.2 Å². The molecule has 0 aromatic rings. The summed E-state index contributed by atoms with van der Waals surface area (Å²) in [4.78, 5) is 11.4. The highest BCUT2D eigenvalue weighted by molar-refractivity contribution is 5.70. The number of ether oxygens (including phenoxy) is 3. The van der Waals surface area contributed by atoms with Gasteiger partial charge in [-0.15, -0.1) is 0 Å². The molecule has 0 spiro atoms. The molecule has 1 aliphatic carbocycles. The van der Waals surface area contributed by atoms with Gasteiger partial charge in [0.1, 0.15) is 0 Å². The van der Waals surface area contributed by atoms with Crippen LogP contribution in [0.25, 0.3) is 0 Å². The van der Waals surface area contributed by atoms with Crippen molar-refractivity contribution in [2.75, 3.05) is 13.2 Å². The Kier molecular flexibility index (Phi) is 2.47. The Morgan fingerprint density at radius 2 is 2.00 bits per heavy atom. The van der Waals surface area contributed by atoms with E-state index >= 15 is 0 Å². The average Bonchev–Trinajstić information content (AvgIpc) is 2.69. The van der Waals surface area contributed by atoms with Crippen LogP contribution in [-0.2, 0) is 19.0 Å².